The number of aromatic nitrogens is 3. The highest BCUT2D eigenvalue weighted by Crippen LogP contribution is 2.17. The summed E-state index contributed by atoms with van der Waals surface area (Å²) < 4.78 is 0. The number of rotatable bonds is 8. The lowest BCUT2D eigenvalue weighted by Gasteiger charge is -2.09. The summed E-state index contributed by atoms with van der Waals surface area (Å²) in [6.45, 7) is 3.92. The van der Waals surface area contributed by atoms with Crippen LogP contribution >= 0.6 is 0 Å². The topological polar surface area (TPSA) is 83.3 Å². The normalized spacial score (nSPS) is 12.1. The Hall–Kier alpha value is -3.06. The molecule has 140 valence electrons. The van der Waals surface area contributed by atoms with Gasteiger partial charge in [0.1, 0.15) is 11.0 Å². The third kappa shape index (κ3) is 4.38. The molecule has 3 rings (SSSR count). The second-order valence-electron chi connectivity index (χ2n) is 6.27. The number of carbonyl (C=O) groups is 2. The molecule has 1 atom stereocenters. The molecular formula is C20H21N3O4. The van der Waals surface area contributed by atoms with Crippen molar-refractivity contribution in [2.45, 2.75) is 26.7 Å². The monoisotopic (exact) mass is 367 g/mol. The predicted octanol–water partition coefficient (Wildman–Crippen LogP) is 3.30. The zero-order valence-electron chi connectivity index (χ0n) is 15.3. The molecule has 27 heavy (non-hydrogen) atoms. The Kier molecular flexibility index (Phi) is 5.93. The number of aldehydes is 1. The number of benzene rings is 2. The van der Waals surface area contributed by atoms with E-state index in [2.05, 4.69) is 10.2 Å². The summed E-state index contributed by atoms with van der Waals surface area (Å²) in [5, 5.41) is 8.85. The standard InChI is InChI=1S/C20H21N3O4/c1-3-14(2)20(25)27-26-11-10-15-8-9-16(13-24)19(12-15)23-21-17-6-4-5-7-18(17)22-23/h4-9,12-14H,3,10-11H2,1-2H3. The van der Waals surface area contributed by atoms with E-state index in [-0.39, 0.29) is 18.5 Å². The largest absolute Gasteiger partial charge is 0.345 e. The maximum atomic E-state index is 11.6. The van der Waals surface area contributed by atoms with Gasteiger partial charge in [-0.05, 0) is 36.2 Å². The van der Waals surface area contributed by atoms with Crippen molar-refractivity contribution in [3.63, 3.8) is 0 Å². The maximum Gasteiger partial charge on any atom is 0.345 e. The fourth-order valence-corrected chi connectivity index (χ4v) is 2.49. The van der Waals surface area contributed by atoms with Crippen molar-refractivity contribution in [1.29, 1.82) is 0 Å². The third-order valence-corrected chi connectivity index (χ3v) is 4.35. The first-order valence-corrected chi connectivity index (χ1v) is 8.86. The summed E-state index contributed by atoms with van der Waals surface area (Å²) in [6.07, 6.45) is 1.99. The van der Waals surface area contributed by atoms with E-state index in [1.54, 1.807) is 13.0 Å². The molecule has 0 saturated heterocycles. The number of fused-ring (bicyclic) bond motifs is 1. The molecule has 0 N–H and O–H groups in total. The van der Waals surface area contributed by atoms with Crippen LogP contribution in [0, 0.1) is 5.92 Å². The Morgan fingerprint density at radius 1 is 1.19 bits per heavy atom. The van der Waals surface area contributed by atoms with Gasteiger partial charge in [0.25, 0.3) is 0 Å². The molecule has 0 saturated carbocycles. The van der Waals surface area contributed by atoms with Gasteiger partial charge in [0.15, 0.2) is 6.29 Å². The molecule has 0 radical (unpaired) electrons. The van der Waals surface area contributed by atoms with Crippen molar-refractivity contribution >= 4 is 23.3 Å². The average molecular weight is 367 g/mol. The molecule has 1 aromatic heterocycles. The fraction of sp³-hybridized carbons (Fsp3) is 0.300. The van der Waals surface area contributed by atoms with Gasteiger partial charge in [-0.1, -0.05) is 32.0 Å². The Morgan fingerprint density at radius 2 is 1.89 bits per heavy atom. The van der Waals surface area contributed by atoms with E-state index in [0.29, 0.717) is 24.1 Å². The van der Waals surface area contributed by atoms with E-state index in [1.807, 2.05) is 43.3 Å². The molecule has 0 fully saturated rings. The van der Waals surface area contributed by atoms with Gasteiger partial charge in [0.2, 0.25) is 0 Å². The lowest BCUT2D eigenvalue weighted by Crippen LogP contribution is -2.15. The highest BCUT2D eigenvalue weighted by atomic mass is 17.2. The van der Waals surface area contributed by atoms with Crippen LogP contribution in [-0.2, 0) is 21.0 Å². The Balaban J connectivity index is 1.72. The molecule has 1 unspecified atom stereocenters. The van der Waals surface area contributed by atoms with Gasteiger partial charge in [-0.2, -0.15) is 4.89 Å². The lowest BCUT2D eigenvalue weighted by atomic mass is 10.1. The highest BCUT2D eigenvalue weighted by Gasteiger charge is 2.13. The smallest absolute Gasteiger partial charge is 0.298 e. The minimum Gasteiger partial charge on any atom is -0.298 e. The van der Waals surface area contributed by atoms with Gasteiger partial charge in [0, 0.05) is 12.0 Å². The molecule has 2 aromatic carbocycles. The minimum absolute atomic E-state index is 0.191. The van der Waals surface area contributed by atoms with E-state index >= 15 is 0 Å². The number of hydrogen-bond donors (Lipinski definition) is 0. The quantitative estimate of drug-likeness (QED) is 0.263. The van der Waals surface area contributed by atoms with Gasteiger partial charge >= 0.3 is 5.97 Å². The van der Waals surface area contributed by atoms with Crippen LogP contribution in [0.5, 0.6) is 0 Å². The molecule has 0 aliphatic heterocycles. The summed E-state index contributed by atoms with van der Waals surface area (Å²) in [5.74, 6) is -0.564. The van der Waals surface area contributed by atoms with Gasteiger partial charge in [0.05, 0.1) is 18.2 Å². The second-order valence-corrected chi connectivity index (χ2v) is 6.27. The number of carbonyl (C=O) groups excluding carboxylic acids is 2. The lowest BCUT2D eigenvalue weighted by molar-refractivity contribution is -0.275. The van der Waals surface area contributed by atoms with E-state index < -0.39 is 0 Å². The van der Waals surface area contributed by atoms with Crippen molar-refractivity contribution in [2.24, 2.45) is 5.92 Å². The molecule has 7 heteroatoms. The van der Waals surface area contributed by atoms with E-state index in [9.17, 15) is 9.59 Å². The van der Waals surface area contributed by atoms with Gasteiger partial charge < -0.3 is 0 Å². The van der Waals surface area contributed by atoms with E-state index in [4.69, 9.17) is 9.78 Å². The van der Waals surface area contributed by atoms with Gasteiger partial charge in [-0.15, -0.1) is 15.0 Å². The molecule has 0 bridgehead atoms. The van der Waals surface area contributed by atoms with Crippen molar-refractivity contribution < 1.29 is 19.4 Å². The zero-order valence-corrected chi connectivity index (χ0v) is 15.3. The number of hydrogen-bond acceptors (Lipinski definition) is 6. The Labute approximate surface area is 156 Å². The second kappa shape index (κ2) is 8.55. The molecule has 0 aliphatic carbocycles. The van der Waals surface area contributed by atoms with Crippen LogP contribution in [-0.4, -0.2) is 33.9 Å². The van der Waals surface area contributed by atoms with Crippen LogP contribution in [0.4, 0.5) is 0 Å². The highest BCUT2D eigenvalue weighted by molar-refractivity contribution is 5.81. The van der Waals surface area contributed by atoms with Crippen LogP contribution in [0.1, 0.15) is 36.2 Å². The summed E-state index contributed by atoms with van der Waals surface area (Å²) in [5.41, 5.74) is 3.50. The van der Waals surface area contributed by atoms with Crippen molar-refractivity contribution in [2.75, 3.05) is 6.61 Å². The van der Waals surface area contributed by atoms with Crippen LogP contribution in [0.25, 0.3) is 16.7 Å². The first-order valence-electron chi connectivity index (χ1n) is 8.86. The summed E-state index contributed by atoms with van der Waals surface area (Å²) in [7, 11) is 0. The molecule has 1 heterocycles. The van der Waals surface area contributed by atoms with E-state index in [1.165, 1.54) is 4.80 Å². The third-order valence-electron chi connectivity index (χ3n) is 4.35. The van der Waals surface area contributed by atoms with Crippen molar-refractivity contribution in [3.8, 4) is 5.69 Å². The molecular weight excluding hydrogens is 346 g/mol. The summed E-state index contributed by atoms with van der Waals surface area (Å²) in [4.78, 5) is 34.3. The molecule has 7 nitrogen and oxygen atoms in total. The molecule has 0 spiro atoms. The number of nitrogens with zero attached hydrogens (tertiary/aromatic N) is 3. The minimum atomic E-state index is -0.373. The van der Waals surface area contributed by atoms with Crippen molar-refractivity contribution in [1.82, 2.24) is 15.0 Å². The van der Waals surface area contributed by atoms with Gasteiger partial charge in [-0.25, -0.2) is 4.79 Å². The van der Waals surface area contributed by atoms with E-state index in [0.717, 1.165) is 22.9 Å². The summed E-state index contributed by atoms with van der Waals surface area (Å²) in [6, 6.07) is 12.9. The maximum absolute atomic E-state index is 11.6. The van der Waals surface area contributed by atoms with Crippen molar-refractivity contribution in [3.05, 3.63) is 53.6 Å². The van der Waals surface area contributed by atoms with Crippen LogP contribution in [0.3, 0.4) is 0 Å². The van der Waals surface area contributed by atoms with Gasteiger partial charge in [-0.3, -0.25) is 9.68 Å². The first kappa shape index (κ1) is 18.7. The molecule has 3 aromatic rings. The Bertz CT molecular complexity index is 918. The van der Waals surface area contributed by atoms with Crippen LogP contribution in [0.2, 0.25) is 0 Å². The van der Waals surface area contributed by atoms with Crippen LogP contribution < -0.4 is 0 Å². The Morgan fingerprint density at radius 3 is 2.52 bits per heavy atom. The summed E-state index contributed by atoms with van der Waals surface area (Å²) >= 11 is 0. The average Bonchev–Trinajstić information content (AvgIpc) is 3.14. The predicted molar refractivity (Wildman–Crippen MR) is 99.5 cm³/mol. The SMILES string of the molecule is CCC(C)C(=O)OOCCc1ccc(C=O)c(-n2nc3ccccc3n2)c1. The first-order chi connectivity index (χ1) is 13.1. The fourth-order valence-electron chi connectivity index (χ4n) is 2.49. The zero-order chi connectivity index (χ0) is 19.2. The molecule has 0 amide bonds. The molecule has 0 aliphatic rings. The van der Waals surface area contributed by atoms with Crippen LogP contribution in [0.15, 0.2) is 42.5 Å².